The number of thiophene rings is 1. The molecule has 1 atom stereocenters. The zero-order valence-corrected chi connectivity index (χ0v) is 18.3. The molecule has 4 rings (SSSR count). The molecular formula is C18H18ClN5O4S2. The fourth-order valence-electron chi connectivity index (χ4n) is 3.17. The minimum Gasteiger partial charge on any atom is -0.339 e. The van der Waals surface area contributed by atoms with E-state index in [4.69, 9.17) is 16.1 Å². The van der Waals surface area contributed by atoms with E-state index in [1.165, 1.54) is 16.6 Å². The number of rotatable bonds is 5. The first-order valence-corrected chi connectivity index (χ1v) is 11.8. The highest BCUT2D eigenvalue weighted by molar-refractivity contribution is 7.91. The van der Waals surface area contributed by atoms with Crippen molar-refractivity contribution in [3.63, 3.8) is 0 Å². The van der Waals surface area contributed by atoms with E-state index in [-0.39, 0.29) is 16.7 Å². The Morgan fingerprint density at radius 2 is 2.23 bits per heavy atom. The molecule has 0 spiro atoms. The number of piperidine rings is 1. The van der Waals surface area contributed by atoms with Crippen molar-refractivity contribution in [2.24, 2.45) is 5.92 Å². The van der Waals surface area contributed by atoms with Gasteiger partial charge in [-0.15, -0.1) is 11.3 Å². The molecule has 1 fully saturated rings. The third-order valence-electron chi connectivity index (χ3n) is 4.69. The Morgan fingerprint density at radius 3 is 2.93 bits per heavy atom. The Kier molecular flexibility index (Phi) is 5.87. The van der Waals surface area contributed by atoms with Crippen LogP contribution in [0.4, 0.5) is 5.82 Å². The lowest BCUT2D eigenvalue weighted by atomic mass is 9.99. The highest BCUT2D eigenvalue weighted by atomic mass is 35.5. The van der Waals surface area contributed by atoms with Gasteiger partial charge < -0.3 is 9.84 Å². The van der Waals surface area contributed by atoms with Crippen LogP contribution in [0.25, 0.3) is 11.4 Å². The van der Waals surface area contributed by atoms with Crippen LogP contribution in [0.15, 0.2) is 38.5 Å². The van der Waals surface area contributed by atoms with Gasteiger partial charge in [0.2, 0.25) is 17.6 Å². The molecule has 1 aliphatic rings. The van der Waals surface area contributed by atoms with Crippen molar-refractivity contribution in [2.75, 3.05) is 18.4 Å². The first-order valence-electron chi connectivity index (χ1n) is 9.15. The third kappa shape index (κ3) is 4.38. The molecule has 0 radical (unpaired) electrons. The fourth-order valence-corrected chi connectivity index (χ4v) is 6.11. The lowest BCUT2D eigenvalue weighted by Crippen LogP contribution is -2.43. The van der Waals surface area contributed by atoms with Crippen molar-refractivity contribution in [1.29, 1.82) is 0 Å². The summed E-state index contributed by atoms with van der Waals surface area (Å²) in [7, 11) is -3.73. The maximum Gasteiger partial charge on any atom is 0.252 e. The van der Waals surface area contributed by atoms with Crippen molar-refractivity contribution < 1.29 is 17.7 Å². The number of hydrogen-bond acceptors (Lipinski definition) is 8. The van der Waals surface area contributed by atoms with E-state index in [1.54, 1.807) is 24.4 Å². The standard InChI is InChI=1S/C18H18ClN5O4S2/c1-11-21-17(23-28-11)13-7-16(29-10-13)30(26,27)24-6-2-3-12(9-24)18(25)22-15-5-4-14(19)8-20-15/h4-5,7-8,10,12H,2-3,6,9H2,1H3,(H,20,22,25). The summed E-state index contributed by atoms with van der Waals surface area (Å²) in [4.78, 5) is 20.8. The quantitative estimate of drug-likeness (QED) is 0.612. The summed E-state index contributed by atoms with van der Waals surface area (Å²) in [6, 6.07) is 4.76. The molecule has 158 valence electrons. The number of carbonyl (C=O) groups excluding carboxylic acids is 1. The van der Waals surface area contributed by atoms with Crippen LogP contribution in [-0.4, -0.2) is 46.8 Å². The zero-order chi connectivity index (χ0) is 21.3. The summed E-state index contributed by atoms with van der Waals surface area (Å²) in [5, 5.41) is 8.69. The summed E-state index contributed by atoms with van der Waals surface area (Å²) in [6.07, 6.45) is 2.63. The lowest BCUT2D eigenvalue weighted by molar-refractivity contribution is -0.120. The number of halogens is 1. The average molecular weight is 468 g/mol. The van der Waals surface area contributed by atoms with Crippen molar-refractivity contribution in [3.8, 4) is 11.4 Å². The number of pyridine rings is 1. The Hall–Kier alpha value is -2.34. The molecule has 1 aliphatic heterocycles. The first kappa shape index (κ1) is 20.9. The first-order chi connectivity index (χ1) is 14.3. The molecule has 0 aliphatic carbocycles. The topological polar surface area (TPSA) is 118 Å². The average Bonchev–Trinajstić information content (AvgIpc) is 3.39. The highest BCUT2D eigenvalue weighted by Crippen LogP contribution is 2.31. The number of aromatic nitrogens is 3. The van der Waals surface area contributed by atoms with E-state index in [0.717, 1.165) is 11.3 Å². The van der Waals surface area contributed by atoms with Gasteiger partial charge in [0.1, 0.15) is 10.0 Å². The zero-order valence-electron chi connectivity index (χ0n) is 15.9. The number of anilines is 1. The molecule has 0 saturated carbocycles. The minimum absolute atomic E-state index is 0.107. The van der Waals surface area contributed by atoms with Crippen LogP contribution in [0.1, 0.15) is 18.7 Å². The van der Waals surface area contributed by atoms with Gasteiger partial charge in [-0.1, -0.05) is 16.8 Å². The molecule has 1 unspecified atom stereocenters. The molecule has 3 aromatic rings. The van der Waals surface area contributed by atoms with Gasteiger partial charge >= 0.3 is 0 Å². The SMILES string of the molecule is Cc1nc(-c2csc(S(=O)(=O)N3CCCC(C(=O)Nc4ccc(Cl)cn4)C3)c2)no1. The normalized spacial score (nSPS) is 17.7. The Balaban J connectivity index is 1.47. The molecule has 1 N–H and O–H groups in total. The second-order valence-corrected chi connectivity index (χ2v) is 10.4. The second kappa shape index (κ2) is 8.42. The molecule has 9 nitrogen and oxygen atoms in total. The van der Waals surface area contributed by atoms with Gasteiger partial charge in [0.05, 0.1) is 10.9 Å². The number of nitrogens with one attached hydrogen (secondary N) is 1. The predicted molar refractivity (Wildman–Crippen MR) is 112 cm³/mol. The van der Waals surface area contributed by atoms with E-state index < -0.39 is 15.9 Å². The minimum atomic E-state index is -3.73. The van der Waals surface area contributed by atoms with Crippen LogP contribution in [0, 0.1) is 12.8 Å². The van der Waals surface area contributed by atoms with Crippen LogP contribution in [0.2, 0.25) is 5.02 Å². The monoisotopic (exact) mass is 467 g/mol. The van der Waals surface area contributed by atoms with Gasteiger partial charge in [-0.2, -0.15) is 9.29 Å². The van der Waals surface area contributed by atoms with Crippen molar-refractivity contribution in [3.05, 3.63) is 40.7 Å². The van der Waals surface area contributed by atoms with Gasteiger partial charge in [-0.25, -0.2) is 13.4 Å². The summed E-state index contributed by atoms with van der Waals surface area (Å²) in [5.74, 6) is 0.393. The molecule has 1 saturated heterocycles. The van der Waals surface area contributed by atoms with Gasteiger partial charge in [0.15, 0.2) is 0 Å². The highest BCUT2D eigenvalue weighted by Gasteiger charge is 2.34. The maximum atomic E-state index is 13.1. The Bertz CT molecular complexity index is 1160. The van der Waals surface area contributed by atoms with Crippen molar-refractivity contribution in [1.82, 2.24) is 19.4 Å². The number of carbonyl (C=O) groups is 1. The number of hydrogen-bond donors (Lipinski definition) is 1. The van der Waals surface area contributed by atoms with Gasteiger partial charge in [0.25, 0.3) is 10.0 Å². The van der Waals surface area contributed by atoms with Crippen molar-refractivity contribution >= 4 is 44.7 Å². The van der Waals surface area contributed by atoms with Crippen LogP contribution in [0.5, 0.6) is 0 Å². The number of sulfonamides is 1. The lowest BCUT2D eigenvalue weighted by Gasteiger charge is -2.30. The molecule has 4 heterocycles. The molecule has 1 amide bonds. The third-order valence-corrected chi connectivity index (χ3v) is 8.19. The summed E-state index contributed by atoms with van der Waals surface area (Å²) < 4.78 is 32.7. The predicted octanol–water partition coefficient (Wildman–Crippen LogP) is 3.19. The Morgan fingerprint density at radius 1 is 1.40 bits per heavy atom. The van der Waals surface area contributed by atoms with Crippen LogP contribution < -0.4 is 5.32 Å². The van der Waals surface area contributed by atoms with Gasteiger partial charge in [0, 0.05) is 37.2 Å². The molecule has 3 aromatic heterocycles. The van der Waals surface area contributed by atoms with Crippen LogP contribution in [-0.2, 0) is 14.8 Å². The fraction of sp³-hybridized carbons (Fsp3) is 0.333. The van der Waals surface area contributed by atoms with Gasteiger partial charge in [-0.3, -0.25) is 4.79 Å². The second-order valence-electron chi connectivity index (χ2n) is 6.84. The van der Waals surface area contributed by atoms with E-state index in [1.807, 2.05) is 0 Å². The maximum absolute atomic E-state index is 13.1. The van der Waals surface area contributed by atoms with E-state index in [9.17, 15) is 13.2 Å². The molecule has 30 heavy (non-hydrogen) atoms. The number of nitrogens with zero attached hydrogens (tertiary/aromatic N) is 4. The molecule has 0 aromatic carbocycles. The largest absolute Gasteiger partial charge is 0.339 e. The summed E-state index contributed by atoms with van der Waals surface area (Å²) in [6.45, 7) is 2.13. The van der Waals surface area contributed by atoms with E-state index in [0.29, 0.717) is 47.5 Å². The van der Waals surface area contributed by atoms with Gasteiger partial charge in [-0.05, 0) is 31.0 Å². The van der Waals surface area contributed by atoms with Crippen LogP contribution >= 0.6 is 22.9 Å². The summed E-state index contributed by atoms with van der Waals surface area (Å²) >= 11 is 6.90. The Labute approximate surface area is 182 Å². The summed E-state index contributed by atoms with van der Waals surface area (Å²) in [5.41, 5.74) is 0.579. The van der Waals surface area contributed by atoms with E-state index in [2.05, 4.69) is 20.4 Å². The number of aryl methyl sites for hydroxylation is 1. The van der Waals surface area contributed by atoms with Crippen LogP contribution in [0.3, 0.4) is 0 Å². The van der Waals surface area contributed by atoms with E-state index >= 15 is 0 Å². The smallest absolute Gasteiger partial charge is 0.252 e. The molecular weight excluding hydrogens is 450 g/mol. The van der Waals surface area contributed by atoms with Crippen molar-refractivity contribution in [2.45, 2.75) is 24.0 Å². The number of amides is 1. The molecule has 12 heteroatoms. The molecule has 0 bridgehead atoms.